The summed E-state index contributed by atoms with van der Waals surface area (Å²) in [6, 6.07) is 7.72. The molecule has 1 aliphatic heterocycles. The van der Waals surface area contributed by atoms with Crippen LogP contribution in [0.3, 0.4) is 0 Å². The van der Waals surface area contributed by atoms with Gasteiger partial charge in [-0.3, -0.25) is 0 Å². The standard InChI is InChI=1S/C11H11NO3/c1-7-4-2-3-5-8(7)9-6-10(11(13)14)15-12-9/h2-5,10H,6H2,1H3,(H,13,14). The molecule has 0 saturated heterocycles. The maximum atomic E-state index is 10.7. The summed E-state index contributed by atoms with van der Waals surface area (Å²) in [5, 5.41) is 12.6. The van der Waals surface area contributed by atoms with E-state index < -0.39 is 12.1 Å². The van der Waals surface area contributed by atoms with Gasteiger partial charge in [-0.2, -0.15) is 0 Å². The number of hydrogen-bond acceptors (Lipinski definition) is 3. The Morgan fingerprint density at radius 3 is 2.87 bits per heavy atom. The molecule has 1 heterocycles. The van der Waals surface area contributed by atoms with E-state index in [0.717, 1.165) is 11.1 Å². The summed E-state index contributed by atoms with van der Waals surface area (Å²) >= 11 is 0. The predicted octanol–water partition coefficient (Wildman–Crippen LogP) is 1.57. The minimum Gasteiger partial charge on any atom is -0.478 e. The van der Waals surface area contributed by atoms with E-state index in [1.807, 2.05) is 31.2 Å². The number of rotatable bonds is 2. The van der Waals surface area contributed by atoms with Crippen LogP contribution in [0.2, 0.25) is 0 Å². The molecule has 0 aromatic heterocycles. The van der Waals surface area contributed by atoms with Crippen LogP contribution in [-0.4, -0.2) is 22.9 Å². The molecule has 2 rings (SSSR count). The third kappa shape index (κ3) is 1.83. The van der Waals surface area contributed by atoms with Gasteiger partial charge in [0, 0.05) is 12.0 Å². The summed E-state index contributed by atoms with van der Waals surface area (Å²) in [6.07, 6.45) is -0.500. The minimum atomic E-state index is -0.970. The van der Waals surface area contributed by atoms with E-state index in [1.165, 1.54) is 0 Å². The van der Waals surface area contributed by atoms with Gasteiger partial charge in [-0.15, -0.1) is 0 Å². The lowest BCUT2D eigenvalue weighted by atomic mass is 10.0. The molecule has 1 unspecified atom stereocenters. The van der Waals surface area contributed by atoms with Crippen molar-refractivity contribution >= 4 is 11.7 Å². The first-order chi connectivity index (χ1) is 7.18. The van der Waals surface area contributed by atoms with Crippen LogP contribution in [0, 0.1) is 6.92 Å². The number of nitrogens with zero attached hydrogens (tertiary/aromatic N) is 1. The number of aryl methyl sites for hydroxylation is 1. The van der Waals surface area contributed by atoms with Gasteiger partial charge < -0.3 is 9.94 Å². The summed E-state index contributed by atoms with van der Waals surface area (Å²) in [6.45, 7) is 1.96. The van der Waals surface area contributed by atoms with Crippen molar-refractivity contribution in [1.29, 1.82) is 0 Å². The van der Waals surface area contributed by atoms with Gasteiger partial charge in [-0.25, -0.2) is 4.79 Å². The quantitative estimate of drug-likeness (QED) is 0.797. The first-order valence-electron chi connectivity index (χ1n) is 4.70. The maximum Gasteiger partial charge on any atom is 0.348 e. The average Bonchev–Trinajstić information content (AvgIpc) is 2.67. The van der Waals surface area contributed by atoms with Crippen LogP contribution in [0.4, 0.5) is 0 Å². The van der Waals surface area contributed by atoms with Crippen molar-refractivity contribution in [2.75, 3.05) is 0 Å². The van der Waals surface area contributed by atoms with E-state index >= 15 is 0 Å². The molecule has 0 bridgehead atoms. The normalized spacial score (nSPS) is 19.5. The van der Waals surface area contributed by atoms with Crippen LogP contribution in [0.5, 0.6) is 0 Å². The van der Waals surface area contributed by atoms with Crippen molar-refractivity contribution in [2.24, 2.45) is 5.16 Å². The zero-order valence-corrected chi connectivity index (χ0v) is 8.30. The van der Waals surface area contributed by atoms with Crippen LogP contribution >= 0.6 is 0 Å². The van der Waals surface area contributed by atoms with E-state index in [2.05, 4.69) is 5.16 Å². The molecule has 1 aliphatic rings. The van der Waals surface area contributed by atoms with E-state index in [1.54, 1.807) is 0 Å². The third-order valence-electron chi connectivity index (χ3n) is 2.40. The van der Waals surface area contributed by atoms with Gasteiger partial charge in [0.05, 0.1) is 5.71 Å². The number of carboxylic acids is 1. The monoisotopic (exact) mass is 205 g/mol. The summed E-state index contributed by atoms with van der Waals surface area (Å²) in [5.41, 5.74) is 2.74. The summed E-state index contributed by atoms with van der Waals surface area (Å²) < 4.78 is 0. The Balaban J connectivity index is 2.21. The van der Waals surface area contributed by atoms with Crippen LogP contribution in [0.1, 0.15) is 17.5 Å². The van der Waals surface area contributed by atoms with Crippen LogP contribution < -0.4 is 0 Å². The predicted molar refractivity (Wildman–Crippen MR) is 54.8 cm³/mol. The number of benzene rings is 1. The van der Waals surface area contributed by atoms with E-state index in [9.17, 15) is 4.79 Å². The molecule has 1 aromatic rings. The lowest BCUT2D eigenvalue weighted by Gasteiger charge is -2.03. The lowest BCUT2D eigenvalue weighted by molar-refractivity contribution is -0.148. The Morgan fingerprint density at radius 1 is 1.53 bits per heavy atom. The second-order valence-corrected chi connectivity index (χ2v) is 3.49. The van der Waals surface area contributed by atoms with Crippen molar-refractivity contribution in [3.63, 3.8) is 0 Å². The van der Waals surface area contributed by atoms with Crippen molar-refractivity contribution in [1.82, 2.24) is 0 Å². The number of oxime groups is 1. The van der Waals surface area contributed by atoms with Gasteiger partial charge in [0.15, 0.2) is 0 Å². The largest absolute Gasteiger partial charge is 0.478 e. The molecule has 0 radical (unpaired) electrons. The molecule has 0 spiro atoms. The van der Waals surface area contributed by atoms with Crippen molar-refractivity contribution < 1.29 is 14.7 Å². The fourth-order valence-corrected chi connectivity index (χ4v) is 1.57. The highest BCUT2D eigenvalue weighted by Crippen LogP contribution is 2.19. The molecule has 15 heavy (non-hydrogen) atoms. The summed E-state index contributed by atoms with van der Waals surface area (Å²) in [4.78, 5) is 15.5. The van der Waals surface area contributed by atoms with Crippen molar-refractivity contribution in [3.8, 4) is 0 Å². The summed E-state index contributed by atoms with van der Waals surface area (Å²) in [5.74, 6) is -0.970. The van der Waals surface area contributed by atoms with E-state index in [-0.39, 0.29) is 0 Å². The van der Waals surface area contributed by atoms with Gasteiger partial charge in [0.2, 0.25) is 6.10 Å². The lowest BCUT2D eigenvalue weighted by Crippen LogP contribution is -2.20. The van der Waals surface area contributed by atoms with Crippen LogP contribution in [-0.2, 0) is 9.63 Å². The first kappa shape index (κ1) is 9.71. The molecular formula is C11H11NO3. The second-order valence-electron chi connectivity index (χ2n) is 3.49. The van der Waals surface area contributed by atoms with Crippen molar-refractivity contribution in [3.05, 3.63) is 35.4 Å². The number of carbonyl (C=O) groups is 1. The highest BCUT2D eigenvalue weighted by molar-refractivity contribution is 6.04. The highest BCUT2D eigenvalue weighted by atomic mass is 16.7. The Morgan fingerprint density at radius 2 is 2.27 bits per heavy atom. The Bertz CT molecular complexity index is 426. The molecule has 1 atom stereocenters. The molecular weight excluding hydrogens is 194 g/mol. The fourth-order valence-electron chi connectivity index (χ4n) is 1.57. The Hall–Kier alpha value is -1.84. The van der Waals surface area contributed by atoms with Gasteiger partial charge in [-0.05, 0) is 12.5 Å². The molecule has 1 N–H and O–H groups in total. The molecule has 0 aliphatic carbocycles. The fraction of sp³-hybridized carbons (Fsp3) is 0.273. The smallest absolute Gasteiger partial charge is 0.348 e. The zero-order chi connectivity index (χ0) is 10.8. The maximum absolute atomic E-state index is 10.7. The topological polar surface area (TPSA) is 58.9 Å². The number of aliphatic carboxylic acids is 1. The molecule has 0 fully saturated rings. The van der Waals surface area contributed by atoms with Gasteiger partial charge >= 0.3 is 5.97 Å². The Kier molecular flexibility index (Phi) is 2.41. The average molecular weight is 205 g/mol. The zero-order valence-electron chi connectivity index (χ0n) is 8.30. The highest BCUT2D eigenvalue weighted by Gasteiger charge is 2.28. The van der Waals surface area contributed by atoms with E-state index in [0.29, 0.717) is 12.1 Å². The SMILES string of the molecule is Cc1ccccc1C1=NOC(C(=O)O)C1. The third-order valence-corrected chi connectivity index (χ3v) is 2.40. The second kappa shape index (κ2) is 3.73. The van der Waals surface area contributed by atoms with Gasteiger partial charge in [-0.1, -0.05) is 29.4 Å². The van der Waals surface area contributed by atoms with Crippen LogP contribution in [0.25, 0.3) is 0 Å². The molecule has 1 aromatic carbocycles. The van der Waals surface area contributed by atoms with Gasteiger partial charge in [0.1, 0.15) is 0 Å². The molecule has 0 saturated carbocycles. The molecule has 0 amide bonds. The van der Waals surface area contributed by atoms with Crippen molar-refractivity contribution in [2.45, 2.75) is 19.4 Å². The van der Waals surface area contributed by atoms with Gasteiger partial charge in [0.25, 0.3) is 0 Å². The molecule has 4 nitrogen and oxygen atoms in total. The first-order valence-corrected chi connectivity index (χ1v) is 4.70. The summed E-state index contributed by atoms with van der Waals surface area (Å²) in [7, 11) is 0. The van der Waals surface area contributed by atoms with Crippen LogP contribution in [0.15, 0.2) is 29.4 Å². The minimum absolute atomic E-state index is 0.334. The molecule has 78 valence electrons. The number of hydrogen-bond donors (Lipinski definition) is 1. The van der Waals surface area contributed by atoms with E-state index in [4.69, 9.17) is 9.94 Å². The Labute approximate surface area is 87.2 Å². The molecule has 4 heteroatoms. The number of carboxylic acid groups (broad SMARTS) is 1.